The van der Waals surface area contributed by atoms with E-state index in [2.05, 4.69) is 20.0 Å². The third-order valence-corrected chi connectivity index (χ3v) is 6.68. The molecule has 1 amide bonds. The molecule has 3 rings (SSSR count). The van der Waals surface area contributed by atoms with Crippen LogP contribution in [0.5, 0.6) is 0 Å². The predicted molar refractivity (Wildman–Crippen MR) is 112 cm³/mol. The van der Waals surface area contributed by atoms with E-state index in [1.807, 2.05) is 0 Å². The summed E-state index contributed by atoms with van der Waals surface area (Å²) >= 11 is 6.03. The number of hydrogen-bond donors (Lipinski definition) is 2. The molecule has 30 heavy (non-hydrogen) atoms. The first kappa shape index (κ1) is 21.8. The molecule has 0 unspecified atom stereocenters. The second-order valence-corrected chi connectivity index (χ2v) is 8.58. The van der Waals surface area contributed by atoms with Crippen molar-refractivity contribution in [2.45, 2.75) is 18.7 Å². The molecule has 0 spiro atoms. The van der Waals surface area contributed by atoms with E-state index in [0.29, 0.717) is 29.4 Å². The normalized spacial score (nSPS) is 11.6. The quantitative estimate of drug-likeness (QED) is 0.570. The lowest BCUT2D eigenvalue weighted by atomic mass is 10.1. The van der Waals surface area contributed by atoms with E-state index in [4.69, 9.17) is 11.6 Å². The van der Waals surface area contributed by atoms with Gasteiger partial charge in [-0.15, -0.1) is 0 Å². The fourth-order valence-corrected chi connectivity index (χ4v) is 4.49. The van der Waals surface area contributed by atoms with Crippen molar-refractivity contribution in [3.63, 3.8) is 0 Å². The molecule has 0 radical (unpaired) electrons. The molecule has 2 aromatic carbocycles. The number of benzene rings is 2. The summed E-state index contributed by atoms with van der Waals surface area (Å²) in [6.07, 6.45) is 0. The van der Waals surface area contributed by atoms with Gasteiger partial charge >= 0.3 is 5.76 Å². The summed E-state index contributed by atoms with van der Waals surface area (Å²) in [5, 5.41) is 6.67. The molecule has 0 saturated heterocycles. The van der Waals surface area contributed by atoms with Crippen LogP contribution in [-0.4, -0.2) is 41.9 Å². The van der Waals surface area contributed by atoms with Gasteiger partial charge in [0.2, 0.25) is 10.0 Å². The van der Waals surface area contributed by atoms with Gasteiger partial charge < -0.3 is 5.32 Å². The number of hydrogen-bond acceptors (Lipinski definition) is 6. The summed E-state index contributed by atoms with van der Waals surface area (Å²) in [4.78, 5) is 26.4. The number of halogens is 1. The van der Waals surface area contributed by atoms with Crippen LogP contribution in [0, 0.1) is 0 Å². The number of anilines is 1. The Morgan fingerprint density at radius 2 is 1.83 bits per heavy atom. The van der Waals surface area contributed by atoms with Crippen molar-refractivity contribution in [2.24, 2.45) is 0 Å². The second-order valence-electron chi connectivity index (χ2n) is 6.20. The molecule has 1 heterocycles. The number of aromatic amines is 1. The Labute approximate surface area is 177 Å². The highest BCUT2D eigenvalue weighted by molar-refractivity contribution is 7.89. The number of rotatable bonds is 7. The smallest absolute Gasteiger partial charge is 0.321 e. The molecule has 0 fully saturated rings. The largest absolute Gasteiger partial charge is 0.439 e. The molecule has 11 heteroatoms. The first-order valence-electron chi connectivity index (χ1n) is 9.03. The second kappa shape index (κ2) is 8.82. The fraction of sp³-hybridized carbons (Fsp3) is 0.211. The third kappa shape index (κ3) is 4.45. The zero-order valence-corrected chi connectivity index (χ0v) is 17.7. The number of carbonyl (C=O) groups is 1. The first-order valence-corrected chi connectivity index (χ1v) is 10.9. The summed E-state index contributed by atoms with van der Waals surface area (Å²) in [6, 6.07) is 10.3. The summed E-state index contributed by atoms with van der Waals surface area (Å²) in [5.74, 6) is -1.09. The molecular formula is C19H19ClN4O5S. The zero-order valence-electron chi connectivity index (χ0n) is 16.2. The van der Waals surface area contributed by atoms with Crippen molar-refractivity contribution in [1.29, 1.82) is 0 Å². The lowest BCUT2D eigenvalue weighted by Gasteiger charge is -2.18. The SMILES string of the molecule is CCN(CC)S(=O)(=O)c1ccc(C(=O)Nc2cc(Cl)ccc2-c2noc(=O)[nH]2)cc1. The van der Waals surface area contributed by atoms with E-state index in [1.165, 1.54) is 34.6 Å². The van der Waals surface area contributed by atoms with Crippen molar-refractivity contribution in [3.05, 3.63) is 63.6 Å². The Kier molecular flexibility index (Phi) is 6.40. The monoisotopic (exact) mass is 450 g/mol. The first-order chi connectivity index (χ1) is 14.3. The Bertz CT molecular complexity index is 1210. The fourth-order valence-electron chi connectivity index (χ4n) is 2.86. The van der Waals surface area contributed by atoms with Crippen molar-refractivity contribution in [2.75, 3.05) is 18.4 Å². The van der Waals surface area contributed by atoms with Crippen molar-refractivity contribution >= 4 is 33.2 Å². The molecule has 0 aliphatic rings. The Balaban J connectivity index is 1.87. The van der Waals surface area contributed by atoms with Gasteiger partial charge in [-0.2, -0.15) is 4.31 Å². The van der Waals surface area contributed by atoms with Crippen LogP contribution in [0.2, 0.25) is 5.02 Å². The van der Waals surface area contributed by atoms with Crippen LogP contribution in [0.25, 0.3) is 11.4 Å². The highest BCUT2D eigenvalue weighted by atomic mass is 35.5. The van der Waals surface area contributed by atoms with Crippen LogP contribution in [-0.2, 0) is 10.0 Å². The van der Waals surface area contributed by atoms with Crippen LogP contribution in [0.3, 0.4) is 0 Å². The number of H-pyrrole nitrogens is 1. The number of carbonyl (C=O) groups excluding carboxylic acids is 1. The van der Waals surface area contributed by atoms with Crippen LogP contribution in [0.1, 0.15) is 24.2 Å². The minimum Gasteiger partial charge on any atom is -0.321 e. The number of aromatic nitrogens is 2. The Morgan fingerprint density at radius 1 is 1.17 bits per heavy atom. The topological polar surface area (TPSA) is 125 Å². The standard InChI is InChI=1S/C19H19ClN4O5S/c1-3-24(4-2)30(27,28)14-8-5-12(6-9-14)18(25)21-16-11-13(20)7-10-15(16)17-22-19(26)29-23-17/h5-11H,3-4H2,1-2H3,(H,21,25)(H,22,23,26). The lowest BCUT2D eigenvalue weighted by Crippen LogP contribution is -2.30. The van der Waals surface area contributed by atoms with E-state index in [0.717, 1.165) is 0 Å². The van der Waals surface area contributed by atoms with Gasteiger partial charge in [0.1, 0.15) is 0 Å². The summed E-state index contributed by atoms with van der Waals surface area (Å²) < 4.78 is 31.0. The molecule has 1 aromatic heterocycles. The van der Waals surface area contributed by atoms with Crippen LogP contribution >= 0.6 is 11.6 Å². The van der Waals surface area contributed by atoms with Crippen LogP contribution < -0.4 is 11.1 Å². The van der Waals surface area contributed by atoms with E-state index in [1.54, 1.807) is 26.0 Å². The molecule has 0 atom stereocenters. The maximum atomic E-state index is 12.7. The van der Waals surface area contributed by atoms with E-state index >= 15 is 0 Å². The third-order valence-electron chi connectivity index (χ3n) is 4.38. The van der Waals surface area contributed by atoms with Gasteiger partial charge in [0.15, 0.2) is 5.82 Å². The summed E-state index contributed by atoms with van der Waals surface area (Å²) in [6.45, 7) is 4.21. The Hall–Kier alpha value is -2.95. The van der Waals surface area contributed by atoms with Crippen molar-refractivity contribution < 1.29 is 17.7 Å². The molecule has 0 aliphatic carbocycles. The molecule has 0 bridgehead atoms. The number of amides is 1. The summed E-state index contributed by atoms with van der Waals surface area (Å²) in [5.41, 5.74) is 0.948. The Morgan fingerprint density at radius 3 is 2.40 bits per heavy atom. The average molecular weight is 451 g/mol. The van der Waals surface area contributed by atoms with Crippen molar-refractivity contribution in [3.8, 4) is 11.4 Å². The van der Waals surface area contributed by atoms with Gasteiger partial charge in [0.05, 0.1) is 10.6 Å². The maximum absolute atomic E-state index is 12.7. The van der Waals surface area contributed by atoms with Gasteiger partial charge in [-0.1, -0.05) is 30.6 Å². The molecule has 3 aromatic rings. The minimum absolute atomic E-state index is 0.103. The van der Waals surface area contributed by atoms with Crippen LogP contribution in [0.15, 0.2) is 56.7 Å². The van der Waals surface area contributed by atoms with E-state index in [-0.39, 0.29) is 16.3 Å². The summed E-state index contributed by atoms with van der Waals surface area (Å²) in [7, 11) is -3.62. The molecule has 2 N–H and O–H groups in total. The number of nitrogens with zero attached hydrogens (tertiary/aromatic N) is 2. The maximum Gasteiger partial charge on any atom is 0.439 e. The van der Waals surface area contributed by atoms with Gasteiger partial charge in [0, 0.05) is 29.2 Å². The van der Waals surface area contributed by atoms with Gasteiger partial charge in [-0.3, -0.25) is 14.3 Å². The van der Waals surface area contributed by atoms with Crippen molar-refractivity contribution in [1.82, 2.24) is 14.4 Å². The number of nitrogens with one attached hydrogen (secondary N) is 2. The lowest BCUT2D eigenvalue weighted by molar-refractivity contribution is 0.102. The molecule has 158 valence electrons. The minimum atomic E-state index is -3.62. The highest BCUT2D eigenvalue weighted by Gasteiger charge is 2.22. The van der Waals surface area contributed by atoms with Crippen LogP contribution in [0.4, 0.5) is 5.69 Å². The molecule has 9 nitrogen and oxygen atoms in total. The highest BCUT2D eigenvalue weighted by Crippen LogP contribution is 2.28. The van der Waals surface area contributed by atoms with Gasteiger partial charge in [0.25, 0.3) is 5.91 Å². The van der Waals surface area contributed by atoms with E-state index < -0.39 is 21.7 Å². The van der Waals surface area contributed by atoms with Gasteiger partial charge in [-0.25, -0.2) is 13.2 Å². The predicted octanol–water partition coefficient (Wildman–Crippen LogP) is 2.97. The van der Waals surface area contributed by atoms with E-state index in [9.17, 15) is 18.0 Å². The zero-order chi connectivity index (χ0) is 21.9. The molecule has 0 aliphatic heterocycles. The van der Waals surface area contributed by atoms with Gasteiger partial charge in [-0.05, 0) is 42.5 Å². The molecule has 0 saturated carbocycles. The average Bonchev–Trinajstić information content (AvgIpc) is 3.15. The number of sulfonamides is 1. The molecular weight excluding hydrogens is 432 g/mol.